The van der Waals surface area contributed by atoms with Gasteiger partial charge in [0.05, 0.1) is 5.52 Å². The third-order valence-corrected chi connectivity index (χ3v) is 4.17. The van der Waals surface area contributed by atoms with Gasteiger partial charge in [0, 0.05) is 37.5 Å². The van der Waals surface area contributed by atoms with E-state index in [2.05, 4.69) is 44.7 Å². The van der Waals surface area contributed by atoms with Crippen LogP contribution in [0.15, 0.2) is 24.3 Å². The number of rotatable bonds is 2. The summed E-state index contributed by atoms with van der Waals surface area (Å²) in [6.07, 6.45) is 0. The first-order valence-corrected chi connectivity index (χ1v) is 7.85. The number of fused-ring (bicyclic) bond motifs is 3. The predicted octanol–water partition coefficient (Wildman–Crippen LogP) is 1.81. The average molecular weight is 296 g/mol. The molecule has 1 N–H and O–H groups in total. The fourth-order valence-electron chi connectivity index (χ4n) is 3.04. The molecule has 1 aliphatic heterocycles. The normalized spacial score (nSPS) is 16.0. The summed E-state index contributed by atoms with van der Waals surface area (Å²) in [5.74, 6) is 2.24. The Labute approximate surface area is 129 Å². The third kappa shape index (κ3) is 2.02. The number of nitrogens with one attached hydrogen (secondary N) is 1. The lowest BCUT2D eigenvalue weighted by atomic mass is 10.2. The molecule has 3 heterocycles. The molecule has 0 saturated carbocycles. The highest BCUT2D eigenvalue weighted by Crippen LogP contribution is 2.26. The first-order valence-electron chi connectivity index (χ1n) is 7.85. The summed E-state index contributed by atoms with van der Waals surface area (Å²) in [6.45, 7) is 8.16. The van der Waals surface area contributed by atoms with Crippen LogP contribution in [0.1, 0.15) is 25.6 Å². The Morgan fingerprint density at radius 2 is 1.86 bits per heavy atom. The van der Waals surface area contributed by atoms with Gasteiger partial charge < -0.3 is 10.2 Å². The molecule has 3 aromatic rings. The zero-order valence-electron chi connectivity index (χ0n) is 13.0. The first-order chi connectivity index (χ1) is 10.8. The summed E-state index contributed by atoms with van der Waals surface area (Å²) < 4.78 is 2.14. The number of aromatic nitrogens is 4. The van der Waals surface area contributed by atoms with Crippen LogP contribution in [0.25, 0.3) is 16.6 Å². The van der Waals surface area contributed by atoms with Gasteiger partial charge in [-0.2, -0.15) is 0 Å². The third-order valence-electron chi connectivity index (χ3n) is 4.17. The number of nitrogens with zero attached hydrogens (tertiary/aromatic N) is 5. The van der Waals surface area contributed by atoms with Gasteiger partial charge in [0.1, 0.15) is 5.82 Å². The molecule has 114 valence electrons. The van der Waals surface area contributed by atoms with E-state index in [0.717, 1.165) is 54.5 Å². The number of para-hydroxylation sites is 1. The predicted molar refractivity (Wildman–Crippen MR) is 87.5 cm³/mol. The van der Waals surface area contributed by atoms with Gasteiger partial charge in [-0.05, 0) is 12.1 Å². The summed E-state index contributed by atoms with van der Waals surface area (Å²) in [6, 6.07) is 8.16. The minimum absolute atomic E-state index is 0.305. The van der Waals surface area contributed by atoms with E-state index in [1.807, 2.05) is 18.2 Å². The molecule has 1 aromatic carbocycles. The highest BCUT2D eigenvalue weighted by atomic mass is 15.4. The highest BCUT2D eigenvalue weighted by Gasteiger charge is 2.21. The fourth-order valence-corrected chi connectivity index (χ4v) is 3.04. The van der Waals surface area contributed by atoms with Crippen LogP contribution in [0.4, 0.5) is 5.95 Å². The average Bonchev–Trinajstić information content (AvgIpc) is 3.00. The molecule has 0 aliphatic carbocycles. The van der Waals surface area contributed by atoms with Crippen molar-refractivity contribution in [2.45, 2.75) is 19.8 Å². The van der Waals surface area contributed by atoms with E-state index in [4.69, 9.17) is 4.98 Å². The molecule has 0 bridgehead atoms. The van der Waals surface area contributed by atoms with Gasteiger partial charge >= 0.3 is 0 Å². The topological polar surface area (TPSA) is 58.4 Å². The molecule has 6 nitrogen and oxygen atoms in total. The van der Waals surface area contributed by atoms with Gasteiger partial charge in [-0.15, -0.1) is 10.2 Å². The summed E-state index contributed by atoms with van der Waals surface area (Å²) in [7, 11) is 0. The zero-order valence-corrected chi connectivity index (χ0v) is 13.0. The van der Waals surface area contributed by atoms with Crippen molar-refractivity contribution in [3.05, 3.63) is 30.1 Å². The lowest BCUT2D eigenvalue weighted by Gasteiger charge is -2.29. The SMILES string of the molecule is CC(C)c1nnc2c3ccccc3nc(N3CCNCC3)n12. The van der Waals surface area contributed by atoms with Crippen molar-refractivity contribution in [3.63, 3.8) is 0 Å². The number of piperazine rings is 1. The zero-order chi connectivity index (χ0) is 15.1. The van der Waals surface area contributed by atoms with Crippen LogP contribution >= 0.6 is 0 Å². The fraction of sp³-hybridized carbons (Fsp3) is 0.438. The van der Waals surface area contributed by atoms with Crippen LogP contribution in [0, 0.1) is 0 Å². The van der Waals surface area contributed by atoms with E-state index in [1.54, 1.807) is 0 Å². The van der Waals surface area contributed by atoms with Crippen LogP contribution in [0.5, 0.6) is 0 Å². The van der Waals surface area contributed by atoms with Crippen molar-refractivity contribution < 1.29 is 0 Å². The molecule has 1 saturated heterocycles. The van der Waals surface area contributed by atoms with E-state index in [0.29, 0.717) is 5.92 Å². The van der Waals surface area contributed by atoms with Crippen LogP contribution in [0.3, 0.4) is 0 Å². The van der Waals surface area contributed by atoms with E-state index < -0.39 is 0 Å². The van der Waals surface area contributed by atoms with Gasteiger partial charge in [-0.1, -0.05) is 26.0 Å². The first kappa shape index (κ1) is 13.5. The van der Waals surface area contributed by atoms with Gasteiger partial charge in [-0.3, -0.25) is 0 Å². The molecule has 0 amide bonds. The van der Waals surface area contributed by atoms with E-state index in [1.165, 1.54) is 0 Å². The Balaban J connectivity index is 2.03. The molecule has 0 unspecified atom stereocenters. The molecule has 1 aliphatic rings. The second kappa shape index (κ2) is 5.21. The van der Waals surface area contributed by atoms with Gasteiger partial charge in [0.25, 0.3) is 0 Å². The van der Waals surface area contributed by atoms with Crippen LogP contribution in [-0.4, -0.2) is 45.8 Å². The van der Waals surface area contributed by atoms with Crippen molar-refractivity contribution in [2.24, 2.45) is 0 Å². The molecule has 4 rings (SSSR count). The second-order valence-corrected chi connectivity index (χ2v) is 6.04. The summed E-state index contributed by atoms with van der Waals surface area (Å²) in [5.41, 5.74) is 1.88. The minimum atomic E-state index is 0.305. The lowest BCUT2D eigenvalue weighted by Crippen LogP contribution is -2.44. The molecular formula is C16H20N6. The van der Waals surface area contributed by atoms with E-state index in [9.17, 15) is 0 Å². The Bertz CT molecular complexity index is 816. The van der Waals surface area contributed by atoms with Crippen LogP contribution < -0.4 is 10.2 Å². The monoisotopic (exact) mass is 296 g/mol. The van der Waals surface area contributed by atoms with Crippen molar-refractivity contribution in [3.8, 4) is 0 Å². The summed E-state index contributed by atoms with van der Waals surface area (Å²) in [4.78, 5) is 7.25. The van der Waals surface area contributed by atoms with Crippen molar-refractivity contribution in [1.82, 2.24) is 24.9 Å². The quantitative estimate of drug-likeness (QED) is 0.781. The van der Waals surface area contributed by atoms with Crippen molar-refractivity contribution in [2.75, 3.05) is 31.1 Å². The number of anilines is 1. The van der Waals surface area contributed by atoms with Crippen LogP contribution in [-0.2, 0) is 0 Å². The largest absolute Gasteiger partial charge is 0.339 e. The molecule has 0 atom stereocenters. The van der Waals surface area contributed by atoms with E-state index in [-0.39, 0.29) is 0 Å². The highest BCUT2D eigenvalue weighted by molar-refractivity contribution is 5.92. The smallest absolute Gasteiger partial charge is 0.213 e. The molecule has 6 heteroatoms. The molecule has 1 fully saturated rings. The van der Waals surface area contributed by atoms with Gasteiger partial charge in [0.15, 0.2) is 5.65 Å². The minimum Gasteiger partial charge on any atom is -0.339 e. The molecule has 22 heavy (non-hydrogen) atoms. The number of hydrogen-bond acceptors (Lipinski definition) is 5. The Morgan fingerprint density at radius 1 is 1.09 bits per heavy atom. The maximum absolute atomic E-state index is 4.92. The van der Waals surface area contributed by atoms with Gasteiger partial charge in [0.2, 0.25) is 5.95 Å². The Kier molecular flexibility index (Phi) is 3.18. The van der Waals surface area contributed by atoms with Gasteiger partial charge in [-0.25, -0.2) is 9.38 Å². The lowest BCUT2D eigenvalue weighted by molar-refractivity contribution is 0.576. The maximum Gasteiger partial charge on any atom is 0.213 e. The maximum atomic E-state index is 4.92. The number of hydrogen-bond donors (Lipinski definition) is 1. The number of benzene rings is 1. The van der Waals surface area contributed by atoms with Crippen molar-refractivity contribution in [1.29, 1.82) is 0 Å². The Hall–Kier alpha value is -2.21. The van der Waals surface area contributed by atoms with Crippen molar-refractivity contribution >= 4 is 22.5 Å². The van der Waals surface area contributed by atoms with E-state index >= 15 is 0 Å². The van der Waals surface area contributed by atoms with Crippen LogP contribution in [0.2, 0.25) is 0 Å². The summed E-state index contributed by atoms with van der Waals surface area (Å²) in [5, 5.41) is 13.3. The Morgan fingerprint density at radius 3 is 2.64 bits per heavy atom. The molecule has 0 radical (unpaired) electrons. The second-order valence-electron chi connectivity index (χ2n) is 6.04. The summed E-state index contributed by atoms with van der Waals surface area (Å²) >= 11 is 0. The standard InChI is InChI=1S/C16H20N6/c1-11(2)14-19-20-15-12-5-3-4-6-13(12)18-16(22(14)15)21-9-7-17-8-10-21/h3-6,11,17H,7-10H2,1-2H3. The molecule has 0 spiro atoms. The molecule has 2 aromatic heterocycles. The molecular weight excluding hydrogens is 276 g/mol.